The van der Waals surface area contributed by atoms with Crippen LogP contribution >= 0.6 is 0 Å². The van der Waals surface area contributed by atoms with Crippen molar-refractivity contribution in [3.8, 4) is 0 Å². The summed E-state index contributed by atoms with van der Waals surface area (Å²) in [6.45, 7) is 4.00. The van der Waals surface area contributed by atoms with Crippen LogP contribution in [0.1, 0.15) is 63.8 Å². The molecule has 0 bridgehead atoms. The van der Waals surface area contributed by atoms with Gasteiger partial charge >= 0.3 is 0 Å². The molecule has 1 fully saturated rings. The average molecular weight is 375 g/mol. The van der Waals surface area contributed by atoms with Crippen molar-refractivity contribution in [1.29, 1.82) is 0 Å². The van der Waals surface area contributed by atoms with Gasteiger partial charge in [-0.2, -0.15) is 5.10 Å². The Bertz CT molecular complexity index is 805. The predicted molar refractivity (Wildman–Crippen MR) is 96.3 cm³/mol. The zero-order chi connectivity index (χ0) is 19.4. The van der Waals surface area contributed by atoms with E-state index in [9.17, 15) is 9.59 Å². The molecule has 0 atom stereocenters. The first-order valence-electron chi connectivity index (χ1n) is 9.04. The maximum absolute atomic E-state index is 12.4. The Morgan fingerprint density at radius 3 is 2.37 bits per heavy atom. The Morgan fingerprint density at radius 2 is 1.81 bits per heavy atom. The zero-order valence-electron chi connectivity index (χ0n) is 15.8. The lowest BCUT2D eigenvalue weighted by Gasteiger charge is -2.29. The number of carbonyl (C=O) groups is 2. The monoisotopic (exact) mass is 375 g/mol. The second kappa shape index (κ2) is 8.34. The Hall–Kier alpha value is -2.68. The number of aromatic amines is 1. The smallest absolute Gasteiger partial charge is 0.273 e. The summed E-state index contributed by atoms with van der Waals surface area (Å²) in [4.78, 5) is 28.7. The van der Waals surface area contributed by atoms with Crippen LogP contribution in [0.3, 0.4) is 0 Å². The van der Waals surface area contributed by atoms with E-state index >= 15 is 0 Å². The molecular formula is C18H25N5O4. The second-order valence-corrected chi connectivity index (χ2v) is 6.88. The molecule has 0 radical (unpaired) electrons. The molecule has 2 heterocycles. The first-order valence-corrected chi connectivity index (χ1v) is 9.04. The van der Waals surface area contributed by atoms with Crippen molar-refractivity contribution in [2.45, 2.75) is 58.2 Å². The number of ether oxygens (including phenoxy) is 1. The maximum atomic E-state index is 12.4. The number of oxazole rings is 1. The molecule has 1 aliphatic rings. The topological polar surface area (TPSA) is 122 Å². The van der Waals surface area contributed by atoms with E-state index in [1.165, 1.54) is 13.4 Å². The van der Waals surface area contributed by atoms with E-state index in [0.29, 0.717) is 11.6 Å². The quantitative estimate of drug-likeness (QED) is 0.705. The lowest BCUT2D eigenvalue weighted by Crippen LogP contribution is -2.44. The summed E-state index contributed by atoms with van der Waals surface area (Å²) in [6, 6.07) is 0.144. The van der Waals surface area contributed by atoms with Crippen LogP contribution in [0.15, 0.2) is 10.7 Å². The van der Waals surface area contributed by atoms with Crippen molar-refractivity contribution in [1.82, 2.24) is 25.8 Å². The van der Waals surface area contributed by atoms with Crippen molar-refractivity contribution in [2.75, 3.05) is 7.11 Å². The fourth-order valence-corrected chi connectivity index (χ4v) is 3.21. The molecule has 146 valence electrons. The van der Waals surface area contributed by atoms with E-state index in [0.717, 1.165) is 36.9 Å². The highest BCUT2D eigenvalue weighted by Crippen LogP contribution is 2.20. The number of aryl methyl sites for hydroxylation is 1. The highest BCUT2D eigenvalue weighted by Gasteiger charge is 2.26. The van der Waals surface area contributed by atoms with Crippen LogP contribution < -0.4 is 10.6 Å². The number of nitrogens with zero attached hydrogens (tertiary/aromatic N) is 2. The van der Waals surface area contributed by atoms with Gasteiger partial charge in [-0.25, -0.2) is 4.98 Å². The summed E-state index contributed by atoms with van der Waals surface area (Å²) in [5, 5.41) is 12.9. The Labute approximate surface area is 157 Å². The summed E-state index contributed by atoms with van der Waals surface area (Å²) in [6.07, 6.45) is 4.51. The largest absolute Gasteiger partial charge is 0.446 e. The Balaban J connectivity index is 1.46. The van der Waals surface area contributed by atoms with E-state index in [2.05, 4.69) is 25.8 Å². The highest BCUT2D eigenvalue weighted by molar-refractivity contribution is 5.94. The number of aromatic nitrogens is 3. The van der Waals surface area contributed by atoms with E-state index in [1.54, 1.807) is 0 Å². The fourth-order valence-electron chi connectivity index (χ4n) is 3.21. The third-order valence-corrected chi connectivity index (χ3v) is 4.92. The van der Waals surface area contributed by atoms with Crippen molar-refractivity contribution in [3.63, 3.8) is 0 Å². The number of nitrogens with one attached hydrogen (secondary N) is 3. The maximum Gasteiger partial charge on any atom is 0.273 e. The number of hydrogen-bond donors (Lipinski definition) is 3. The summed E-state index contributed by atoms with van der Waals surface area (Å²) in [5.41, 5.74) is 2.46. The predicted octanol–water partition coefficient (Wildman–Crippen LogP) is 1.63. The molecule has 2 amide bonds. The van der Waals surface area contributed by atoms with Gasteiger partial charge in [0.15, 0.2) is 11.4 Å². The van der Waals surface area contributed by atoms with Crippen LogP contribution in [0.25, 0.3) is 0 Å². The van der Waals surface area contributed by atoms with Crippen molar-refractivity contribution in [3.05, 3.63) is 34.8 Å². The molecule has 9 nitrogen and oxygen atoms in total. The van der Waals surface area contributed by atoms with E-state index in [-0.39, 0.29) is 36.2 Å². The lowest BCUT2D eigenvalue weighted by molar-refractivity contribution is 0.0886. The van der Waals surface area contributed by atoms with Crippen molar-refractivity contribution >= 4 is 11.8 Å². The molecule has 2 aromatic heterocycles. The SMILES string of the molecule is COCc1nc(C(=O)NC2CCC(NC(=O)c3n[nH]c(C)c3C)CC2)co1. The molecule has 0 aliphatic heterocycles. The number of amides is 2. The van der Waals surface area contributed by atoms with Crippen LogP contribution in [-0.2, 0) is 11.3 Å². The van der Waals surface area contributed by atoms with Crippen molar-refractivity contribution in [2.24, 2.45) is 0 Å². The normalized spacial score (nSPS) is 19.7. The number of carbonyl (C=O) groups excluding carboxylic acids is 2. The fraction of sp³-hybridized carbons (Fsp3) is 0.556. The van der Waals surface area contributed by atoms with E-state index in [1.807, 2.05) is 13.8 Å². The van der Waals surface area contributed by atoms with Crippen molar-refractivity contribution < 1.29 is 18.7 Å². The van der Waals surface area contributed by atoms with Gasteiger partial charge in [-0.05, 0) is 39.5 Å². The molecule has 1 saturated carbocycles. The van der Waals surface area contributed by atoms with Crippen LogP contribution in [0.5, 0.6) is 0 Å². The standard InChI is InChI=1S/C18H25N5O4/c1-10-11(2)22-23-16(10)18(25)20-13-6-4-12(5-7-13)19-17(24)14-8-27-15(21-14)9-26-3/h8,12-13H,4-7,9H2,1-3H3,(H,19,24)(H,20,25)(H,22,23). The molecule has 3 N–H and O–H groups in total. The van der Waals surface area contributed by atoms with Crippen LogP contribution in [0.4, 0.5) is 0 Å². The van der Waals surface area contributed by atoms with Gasteiger partial charge in [0.25, 0.3) is 11.8 Å². The minimum atomic E-state index is -0.254. The summed E-state index contributed by atoms with van der Waals surface area (Å²) in [7, 11) is 1.54. The van der Waals surface area contributed by atoms with E-state index in [4.69, 9.17) is 9.15 Å². The molecule has 9 heteroatoms. The Morgan fingerprint density at radius 1 is 1.19 bits per heavy atom. The molecule has 27 heavy (non-hydrogen) atoms. The first-order chi connectivity index (χ1) is 13.0. The minimum absolute atomic E-state index is 0.0580. The third kappa shape index (κ3) is 4.54. The summed E-state index contributed by atoms with van der Waals surface area (Å²) >= 11 is 0. The summed E-state index contributed by atoms with van der Waals surface area (Å²) in [5.74, 6) is -0.0354. The molecule has 2 aromatic rings. The number of H-pyrrole nitrogens is 1. The van der Waals surface area contributed by atoms with Gasteiger partial charge in [-0.1, -0.05) is 0 Å². The van der Waals surface area contributed by atoms with Crippen LogP contribution in [0.2, 0.25) is 0 Å². The van der Waals surface area contributed by atoms with Crippen LogP contribution in [-0.4, -0.2) is 46.2 Å². The van der Waals surface area contributed by atoms with Gasteiger partial charge < -0.3 is 19.8 Å². The molecular weight excluding hydrogens is 350 g/mol. The summed E-state index contributed by atoms with van der Waals surface area (Å²) < 4.78 is 10.1. The molecule has 0 saturated heterocycles. The number of rotatable bonds is 6. The van der Waals surface area contributed by atoms with Crippen LogP contribution in [0, 0.1) is 13.8 Å². The number of methoxy groups -OCH3 is 1. The Kier molecular flexibility index (Phi) is 5.90. The third-order valence-electron chi connectivity index (χ3n) is 4.92. The lowest BCUT2D eigenvalue weighted by atomic mass is 9.91. The zero-order valence-corrected chi connectivity index (χ0v) is 15.8. The second-order valence-electron chi connectivity index (χ2n) is 6.88. The molecule has 0 spiro atoms. The molecule has 0 unspecified atom stereocenters. The first kappa shape index (κ1) is 19.1. The van der Waals surface area contributed by atoms with Gasteiger partial charge in [0.05, 0.1) is 0 Å². The number of hydrogen-bond acceptors (Lipinski definition) is 6. The molecule has 3 rings (SSSR count). The van der Waals surface area contributed by atoms with Gasteiger partial charge in [0, 0.05) is 30.5 Å². The van der Waals surface area contributed by atoms with Gasteiger partial charge in [-0.3, -0.25) is 14.7 Å². The highest BCUT2D eigenvalue weighted by atomic mass is 16.5. The molecule has 1 aliphatic carbocycles. The molecule has 0 aromatic carbocycles. The van der Waals surface area contributed by atoms with E-state index < -0.39 is 0 Å². The van der Waals surface area contributed by atoms with Gasteiger partial charge in [-0.15, -0.1) is 0 Å². The van der Waals surface area contributed by atoms with Gasteiger partial charge in [0.2, 0.25) is 5.89 Å². The van der Waals surface area contributed by atoms with Gasteiger partial charge in [0.1, 0.15) is 12.9 Å². The minimum Gasteiger partial charge on any atom is -0.446 e. The average Bonchev–Trinajstić information content (AvgIpc) is 3.24.